The Kier molecular flexibility index (Phi) is 73.6. The number of hydrogen-bond donors (Lipinski definition) is 0. The van der Waals surface area contributed by atoms with E-state index in [2.05, 4.69) is 0 Å². The van der Waals surface area contributed by atoms with Crippen molar-refractivity contribution < 1.29 is 171 Å². The first-order valence-electron chi connectivity index (χ1n) is 36.1. The monoisotopic (exact) mass is 1540 g/mol. The van der Waals surface area contributed by atoms with E-state index in [0.717, 1.165) is 0 Å². The average molecular weight is 1540 g/mol. The molecular weight excluding hydrogens is 1420 g/mol. The van der Waals surface area contributed by atoms with Gasteiger partial charge in [-0.15, -0.1) is 0 Å². The molecule has 36 nitrogen and oxygen atoms in total. The van der Waals surface area contributed by atoms with Crippen LogP contribution in [0.2, 0.25) is 0 Å². The van der Waals surface area contributed by atoms with E-state index in [-0.39, 0.29) is 90.5 Å². The molecule has 0 radical (unpaired) electrons. The lowest BCUT2D eigenvalue weighted by Gasteiger charge is -2.15. The zero-order valence-electron chi connectivity index (χ0n) is 63.9. The van der Waals surface area contributed by atoms with Crippen LogP contribution >= 0.6 is 0 Å². The summed E-state index contributed by atoms with van der Waals surface area (Å²) in [5.74, 6) is -5.18. The van der Waals surface area contributed by atoms with E-state index in [1.807, 2.05) is 0 Å². The van der Waals surface area contributed by atoms with E-state index >= 15 is 0 Å². The molecule has 36 heteroatoms. The Hall–Kier alpha value is -4.72. The molecule has 0 saturated carbocycles. The third kappa shape index (κ3) is 78.8. The molecule has 0 aromatic rings. The fourth-order valence-corrected chi connectivity index (χ4v) is 7.11. The third-order valence-electron chi connectivity index (χ3n) is 12.9. The van der Waals surface area contributed by atoms with Crippen LogP contribution in [0.25, 0.3) is 0 Å². The normalized spacial score (nSPS) is 11.6. The van der Waals surface area contributed by atoms with Gasteiger partial charge in [0.15, 0.2) is 0 Å². The highest BCUT2D eigenvalue weighted by molar-refractivity contribution is 5.99. The molecule has 0 rings (SSSR count). The zero-order valence-corrected chi connectivity index (χ0v) is 63.9. The van der Waals surface area contributed by atoms with Crippen molar-refractivity contribution in [1.29, 1.82) is 0 Å². The Bertz CT molecular complexity index is 1940. The minimum absolute atomic E-state index is 0.0500. The summed E-state index contributed by atoms with van der Waals surface area (Å²) in [6.45, 7) is 27.2. The van der Waals surface area contributed by atoms with Gasteiger partial charge in [-0.1, -0.05) is 41.5 Å². The Morgan fingerprint density at radius 2 is 0.226 bits per heavy atom. The molecule has 0 unspecified atom stereocenters. The maximum absolute atomic E-state index is 11.8. The van der Waals surface area contributed by atoms with Gasteiger partial charge < -0.3 is 133 Å². The van der Waals surface area contributed by atoms with Crippen molar-refractivity contribution >= 4 is 47.4 Å². The van der Waals surface area contributed by atoms with Gasteiger partial charge in [0.05, 0.1) is 291 Å². The fraction of sp³-hybridized carbons (Fsp3) is 0.886. The first kappa shape index (κ1) is 101. The molecule has 0 saturated heterocycles. The standard InChI is InChI=1S/C70H126O36/c1-69(2,3)61(71)57-63(73)103-53-55-105-67(77)59-65(75)101-51-49-99-47-45-97-43-41-95-39-37-93-35-33-91-31-29-89-27-25-87-23-21-85-19-17-83-15-13-81-11-9-79-7-8-80-10-12-82-14-16-84-18-20-86-22-24-88-26-28-90-30-32-92-34-36-94-38-40-96-42-44-98-46-48-100-50-52-102-66(76)60-68(78)106-56-54-104-64(74)58-62(72)70(4,5)6/h7-60H2,1-6H3. The summed E-state index contributed by atoms with van der Waals surface area (Å²) in [6.07, 6.45) is -1.94. The minimum atomic E-state index is -0.831. The predicted octanol–water partition coefficient (Wildman–Crippen LogP) is 1.40. The van der Waals surface area contributed by atoms with Gasteiger partial charge in [0, 0.05) is 10.8 Å². The molecule has 0 aliphatic carbocycles. The molecule has 622 valence electrons. The molecule has 0 atom stereocenters. The van der Waals surface area contributed by atoms with Crippen LogP contribution in [0.1, 0.15) is 67.2 Å². The number of rotatable bonds is 83. The molecule has 0 heterocycles. The number of esters is 6. The van der Waals surface area contributed by atoms with Gasteiger partial charge in [-0.05, 0) is 0 Å². The summed E-state index contributed by atoms with van der Waals surface area (Å²) in [6, 6.07) is 0. The molecule has 0 aromatic carbocycles. The Balaban J connectivity index is 3.21. The Morgan fingerprint density at radius 3 is 0.330 bits per heavy atom. The maximum atomic E-state index is 11.8. The number of carbonyl (C=O) groups is 8. The van der Waals surface area contributed by atoms with Crippen molar-refractivity contribution in [3.8, 4) is 0 Å². The molecule has 0 aliphatic heterocycles. The smallest absolute Gasteiger partial charge is 0.317 e. The van der Waals surface area contributed by atoms with E-state index < -0.39 is 59.5 Å². The highest BCUT2D eigenvalue weighted by atomic mass is 16.6. The summed E-state index contributed by atoms with van der Waals surface area (Å²) < 4.78 is 150. The van der Waals surface area contributed by atoms with Crippen LogP contribution in [0, 0.1) is 10.8 Å². The molecule has 0 aromatic heterocycles. The lowest BCUT2D eigenvalue weighted by molar-refractivity contribution is -0.160. The van der Waals surface area contributed by atoms with Gasteiger partial charge in [0.2, 0.25) is 0 Å². The lowest BCUT2D eigenvalue weighted by Crippen LogP contribution is -2.25. The molecular formula is C70H126O36. The highest BCUT2D eigenvalue weighted by Crippen LogP contribution is 2.18. The van der Waals surface area contributed by atoms with Crippen LogP contribution < -0.4 is 0 Å². The maximum Gasteiger partial charge on any atom is 0.317 e. The van der Waals surface area contributed by atoms with Gasteiger partial charge in [-0.3, -0.25) is 38.4 Å². The van der Waals surface area contributed by atoms with Crippen molar-refractivity contribution in [3.05, 3.63) is 0 Å². The van der Waals surface area contributed by atoms with E-state index in [0.29, 0.717) is 264 Å². The molecule has 0 spiro atoms. The van der Waals surface area contributed by atoms with Crippen molar-refractivity contribution in [3.63, 3.8) is 0 Å². The Labute approximate surface area is 624 Å². The van der Waals surface area contributed by atoms with Crippen molar-refractivity contribution in [2.24, 2.45) is 10.8 Å². The molecule has 0 aliphatic rings. The van der Waals surface area contributed by atoms with E-state index in [4.69, 9.17) is 133 Å². The number of carbonyl (C=O) groups excluding carboxylic acids is 8. The third-order valence-corrected chi connectivity index (χ3v) is 12.9. The second kappa shape index (κ2) is 77.0. The van der Waals surface area contributed by atoms with Crippen molar-refractivity contribution in [2.75, 3.05) is 330 Å². The minimum Gasteiger partial charge on any atom is -0.463 e. The molecule has 106 heavy (non-hydrogen) atoms. The number of Topliss-reactive ketones (excluding diaryl/α,β-unsaturated/α-hetero) is 2. The SMILES string of the molecule is CC(C)(C)C(=O)CC(=O)OCCOC(=O)CC(=O)OCCOCCOCCOCCOCCOCCOCCOCCOCCOCCOCCOCCOCCOCCOCCOCCOCCOCCOCCOCCOCCOCCOCCOC(=O)CC(=O)OCCOC(=O)CC(=O)C(C)(C)C. The Morgan fingerprint density at radius 1 is 0.142 bits per heavy atom. The van der Waals surface area contributed by atoms with Gasteiger partial charge in [0.1, 0.15) is 76.9 Å². The van der Waals surface area contributed by atoms with Gasteiger partial charge in [-0.2, -0.15) is 0 Å². The van der Waals surface area contributed by atoms with Crippen molar-refractivity contribution in [2.45, 2.75) is 67.2 Å². The van der Waals surface area contributed by atoms with Gasteiger partial charge >= 0.3 is 35.8 Å². The first-order valence-corrected chi connectivity index (χ1v) is 36.1. The van der Waals surface area contributed by atoms with E-state index in [1.165, 1.54) is 0 Å². The number of ether oxygens (including phenoxy) is 28. The van der Waals surface area contributed by atoms with Crippen LogP contribution in [0.5, 0.6) is 0 Å². The van der Waals surface area contributed by atoms with Gasteiger partial charge in [0.25, 0.3) is 0 Å². The van der Waals surface area contributed by atoms with Crippen LogP contribution in [0.4, 0.5) is 0 Å². The van der Waals surface area contributed by atoms with Crippen LogP contribution in [-0.4, -0.2) is 378 Å². The number of ketones is 2. The first-order chi connectivity index (χ1) is 51.4. The summed E-state index contributed by atoms with van der Waals surface area (Å²) in [4.78, 5) is 94.1. The quantitative estimate of drug-likeness (QED) is 0.0359. The number of hydrogen-bond acceptors (Lipinski definition) is 36. The van der Waals surface area contributed by atoms with E-state index in [1.54, 1.807) is 41.5 Å². The summed E-state index contributed by atoms with van der Waals surface area (Å²) in [5, 5.41) is 0. The topological polar surface area (TPSA) is 395 Å². The van der Waals surface area contributed by atoms with E-state index in [9.17, 15) is 38.4 Å². The zero-order chi connectivity index (χ0) is 77.6. The fourth-order valence-electron chi connectivity index (χ4n) is 7.11. The summed E-state index contributed by atoms with van der Waals surface area (Å²) in [7, 11) is 0. The molecule has 0 amide bonds. The predicted molar refractivity (Wildman–Crippen MR) is 371 cm³/mol. The molecule has 0 N–H and O–H groups in total. The second-order valence-corrected chi connectivity index (χ2v) is 23.8. The summed E-state index contributed by atoms with van der Waals surface area (Å²) in [5.41, 5.74) is -1.33. The van der Waals surface area contributed by atoms with Crippen LogP contribution in [0.3, 0.4) is 0 Å². The van der Waals surface area contributed by atoms with Crippen LogP contribution in [-0.2, 0) is 171 Å². The van der Waals surface area contributed by atoms with Crippen molar-refractivity contribution in [1.82, 2.24) is 0 Å². The molecule has 0 bridgehead atoms. The molecule has 0 fully saturated rings. The van der Waals surface area contributed by atoms with Crippen LogP contribution in [0.15, 0.2) is 0 Å². The average Bonchev–Trinajstić information content (AvgIpc) is 0.915. The van der Waals surface area contributed by atoms with Gasteiger partial charge in [-0.25, -0.2) is 0 Å². The largest absolute Gasteiger partial charge is 0.463 e. The second-order valence-electron chi connectivity index (χ2n) is 23.8. The summed E-state index contributed by atoms with van der Waals surface area (Å²) >= 11 is 0. The highest BCUT2D eigenvalue weighted by Gasteiger charge is 2.26. The lowest BCUT2D eigenvalue weighted by atomic mass is 9.89.